The predicted octanol–water partition coefficient (Wildman–Crippen LogP) is 0.640. The first-order valence-corrected chi connectivity index (χ1v) is 7.42. The first-order chi connectivity index (χ1) is 11.1. The summed E-state index contributed by atoms with van der Waals surface area (Å²) in [7, 11) is 1.81. The summed E-state index contributed by atoms with van der Waals surface area (Å²) in [5.74, 6) is 0.473. The lowest BCUT2D eigenvalue weighted by molar-refractivity contribution is -0.138. The minimum Gasteiger partial charge on any atom is -0.481 e. The monoisotopic (exact) mass is 317 g/mol. The van der Waals surface area contributed by atoms with Crippen molar-refractivity contribution in [2.24, 2.45) is 5.92 Å². The van der Waals surface area contributed by atoms with Gasteiger partial charge in [-0.2, -0.15) is 20.4 Å². The Morgan fingerprint density at radius 3 is 2.96 bits per heavy atom. The lowest BCUT2D eigenvalue weighted by Crippen LogP contribution is -2.23. The molecule has 122 valence electrons. The largest absolute Gasteiger partial charge is 0.481 e. The number of hydrogen-bond donors (Lipinski definition) is 3. The number of nitrogens with one attached hydrogen (secondary N) is 2. The highest BCUT2D eigenvalue weighted by Crippen LogP contribution is 2.35. The molecule has 1 aliphatic rings. The molecule has 0 unspecified atom stereocenters. The fraction of sp³-hybridized carbons (Fsp3) is 0.500. The summed E-state index contributed by atoms with van der Waals surface area (Å²) < 4.78 is 0. The Morgan fingerprint density at radius 1 is 1.48 bits per heavy atom. The van der Waals surface area contributed by atoms with Gasteiger partial charge in [0.25, 0.3) is 0 Å². The van der Waals surface area contributed by atoms with Gasteiger partial charge in [-0.3, -0.25) is 4.79 Å². The van der Waals surface area contributed by atoms with Gasteiger partial charge in [0.1, 0.15) is 5.82 Å². The molecular formula is C14H19N7O2. The molecule has 9 heteroatoms. The van der Waals surface area contributed by atoms with Crippen molar-refractivity contribution in [3.63, 3.8) is 0 Å². The van der Waals surface area contributed by atoms with Crippen LogP contribution < -0.4 is 10.2 Å². The first kappa shape index (κ1) is 15.2. The summed E-state index contributed by atoms with van der Waals surface area (Å²) >= 11 is 0. The van der Waals surface area contributed by atoms with Crippen LogP contribution in [0.4, 0.5) is 11.8 Å². The number of hydrogen-bond acceptors (Lipinski definition) is 7. The number of anilines is 2. The fourth-order valence-electron chi connectivity index (χ4n) is 3.01. The number of aliphatic carboxylic acids is 1. The van der Waals surface area contributed by atoms with E-state index in [2.05, 4.69) is 30.7 Å². The van der Waals surface area contributed by atoms with Gasteiger partial charge in [-0.05, 0) is 12.8 Å². The number of aromatic nitrogens is 5. The molecule has 0 saturated carbocycles. The third kappa shape index (κ3) is 3.22. The van der Waals surface area contributed by atoms with E-state index in [4.69, 9.17) is 5.11 Å². The molecule has 1 saturated heterocycles. The molecule has 0 spiro atoms. The predicted molar refractivity (Wildman–Crippen MR) is 83.4 cm³/mol. The van der Waals surface area contributed by atoms with E-state index in [9.17, 15) is 4.79 Å². The quantitative estimate of drug-likeness (QED) is 0.735. The molecule has 1 aliphatic heterocycles. The van der Waals surface area contributed by atoms with Crippen LogP contribution in [0.3, 0.4) is 0 Å². The highest BCUT2D eigenvalue weighted by atomic mass is 16.4. The van der Waals surface area contributed by atoms with Crippen molar-refractivity contribution in [1.82, 2.24) is 25.4 Å². The van der Waals surface area contributed by atoms with Crippen LogP contribution in [-0.4, -0.2) is 56.6 Å². The van der Waals surface area contributed by atoms with Crippen molar-refractivity contribution < 1.29 is 9.90 Å². The van der Waals surface area contributed by atoms with Crippen LogP contribution in [-0.2, 0) is 4.79 Å². The molecule has 3 heterocycles. The minimum absolute atomic E-state index is 0.00741. The van der Waals surface area contributed by atoms with Gasteiger partial charge in [-0.15, -0.1) is 0 Å². The number of aryl methyl sites for hydroxylation is 1. The molecule has 0 aromatic carbocycles. The topological polar surface area (TPSA) is 120 Å². The van der Waals surface area contributed by atoms with Crippen LogP contribution in [0.1, 0.15) is 23.7 Å². The number of carboxylic acids is 1. The van der Waals surface area contributed by atoms with Crippen LogP contribution >= 0.6 is 0 Å². The van der Waals surface area contributed by atoms with Crippen LogP contribution in [0, 0.1) is 12.8 Å². The molecule has 2 aromatic heterocycles. The average Bonchev–Trinajstić information content (AvgIpc) is 3.15. The summed E-state index contributed by atoms with van der Waals surface area (Å²) in [6.45, 7) is 3.11. The molecule has 3 rings (SSSR count). The highest BCUT2D eigenvalue weighted by Gasteiger charge is 2.37. The molecule has 0 bridgehead atoms. The Hall–Kier alpha value is -2.71. The zero-order valence-corrected chi connectivity index (χ0v) is 13.0. The third-order valence-electron chi connectivity index (χ3n) is 4.07. The van der Waals surface area contributed by atoms with Crippen molar-refractivity contribution in [1.29, 1.82) is 0 Å². The second-order valence-electron chi connectivity index (χ2n) is 5.71. The number of aromatic amines is 1. The van der Waals surface area contributed by atoms with E-state index in [0.717, 1.165) is 17.2 Å². The van der Waals surface area contributed by atoms with E-state index >= 15 is 0 Å². The standard InChI is InChI=1S/C14H19N7O2/c1-8-3-12(15-2)18-14(17-8)21-6-9(4-13(22)23)10(7-21)11-5-16-20-19-11/h3,5,9-10H,4,6-7H2,1-2H3,(H,22,23)(H,15,17,18)(H,16,19,20)/t9-,10+/m1/s1. The van der Waals surface area contributed by atoms with E-state index in [1.54, 1.807) is 13.2 Å². The van der Waals surface area contributed by atoms with Gasteiger partial charge in [0, 0.05) is 37.8 Å². The molecule has 9 nitrogen and oxygen atoms in total. The number of carboxylic acid groups (broad SMARTS) is 1. The maximum Gasteiger partial charge on any atom is 0.303 e. The molecule has 1 fully saturated rings. The van der Waals surface area contributed by atoms with Crippen LogP contribution in [0.2, 0.25) is 0 Å². The molecule has 23 heavy (non-hydrogen) atoms. The summed E-state index contributed by atoms with van der Waals surface area (Å²) in [6, 6.07) is 1.86. The lowest BCUT2D eigenvalue weighted by Gasteiger charge is -2.17. The normalized spacial score (nSPS) is 20.7. The van der Waals surface area contributed by atoms with Gasteiger partial charge in [0.15, 0.2) is 0 Å². The molecule has 2 atom stereocenters. The third-order valence-corrected chi connectivity index (χ3v) is 4.07. The summed E-state index contributed by atoms with van der Waals surface area (Å²) in [5.41, 5.74) is 1.64. The zero-order valence-electron chi connectivity index (χ0n) is 13.0. The lowest BCUT2D eigenvalue weighted by atomic mass is 9.91. The van der Waals surface area contributed by atoms with Crippen LogP contribution in [0.15, 0.2) is 12.3 Å². The number of H-pyrrole nitrogens is 1. The Bertz CT molecular complexity index is 688. The Morgan fingerprint density at radius 2 is 2.30 bits per heavy atom. The van der Waals surface area contributed by atoms with Crippen molar-refractivity contribution in [3.8, 4) is 0 Å². The van der Waals surface area contributed by atoms with E-state index < -0.39 is 5.97 Å². The minimum atomic E-state index is -0.814. The molecular weight excluding hydrogens is 298 g/mol. The van der Waals surface area contributed by atoms with E-state index in [1.807, 2.05) is 17.9 Å². The second-order valence-corrected chi connectivity index (χ2v) is 5.71. The Labute approximate surface area is 133 Å². The number of carbonyl (C=O) groups is 1. The van der Waals surface area contributed by atoms with Crippen molar-refractivity contribution in [2.45, 2.75) is 19.3 Å². The maximum atomic E-state index is 11.2. The SMILES string of the molecule is CNc1cc(C)nc(N2C[C@@H](CC(=O)O)[C@@H](c3cn[nH]n3)C2)n1. The van der Waals surface area contributed by atoms with Crippen molar-refractivity contribution in [3.05, 3.63) is 23.7 Å². The number of nitrogens with zero attached hydrogens (tertiary/aromatic N) is 5. The maximum absolute atomic E-state index is 11.2. The zero-order chi connectivity index (χ0) is 16.4. The second kappa shape index (κ2) is 6.19. The summed E-state index contributed by atoms with van der Waals surface area (Å²) in [4.78, 5) is 22.1. The fourth-order valence-corrected chi connectivity index (χ4v) is 3.01. The molecule has 0 radical (unpaired) electrons. The Kier molecular flexibility index (Phi) is 4.09. The van der Waals surface area contributed by atoms with E-state index in [1.165, 1.54) is 0 Å². The van der Waals surface area contributed by atoms with Crippen LogP contribution in [0.5, 0.6) is 0 Å². The smallest absolute Gasteiger partial charge is 0.303 e. The van der Waals surface area contributed by atoms with E-state index in [0.29, 0.717) is 19.0 Å². The molecule has 0 aliphatic carbocycles. The van der Waals surface area contributed by atoms with Crippen molar-refractivity contribution >= 4 is 17.7 Å². The van der Waals surface area contributed by atoms with Gasteiger partial charge >= 0.3 is 5.97 Å². The summed E-state index contributed by atoms with van der Waals surface area (Å²) in [5, 5.41) is 22.7. The molecule has 0 amide bonds. The van der Waals surface area contributed by atoms with Crippen LogP contribution in [0.25, 0.3) is 0 Å². The first-order valence-electron chi connectivity index (χ1n) is 7.42. The van der Waals surface area contributed by atoms with E-state index in [-0.39, 0.29) is 18.3 Å². The van der Waals surface area contributed by atoms with Gasteiger partial charge in [-0.25, -0.2) is 4.98 Å². The highest BCUT2D eigenvalue weighted by molar-refractivity contribution is 5.67. The van der Waals surface area contributed by atoms with Gasteiger partial charge in [0.05, 0.1) is 18.3 Å². The molecule has 3 N–H and O–H groups in total. The summed E-state index contributed by atoms with van der Waals surface area (Å²) in [6.07, 6.45) is 1.73. The van der Waals surface area contributed by atoms with Gasteiger partial charge in [-0.1, -0.05) is 0 Å². The van der Waals surface area contributed by atoms with Crippen molar-refractivity contribution in [2.75, 3.05) is 30.4 Å². The number of rotatable bonds is 5. The van der Waals surface area contributed by atoms with Gasteiger partial charge < -0.3 is 15.3 Å². The van der Waals surface area contributed by atoms with Gasteiger partial charge in [0.2, 0.25) is 5.95 Å². The Balaban J connectivity index is 1.87. The average molecular weight is 317 g/mol. The molecule has 2 aromatic rings.